The molecule has 0 saturated carbocycles. The Labute approximate surface area is 155 Å². The second kappa shape index (κ2) is 9.70. The largest absolute Gasteiger partial charge is 0.326 e. The fourth-order valence-electron chi connectivity index (χ4n) is 2.75. The Hall–Kier alpha value is -2.69. The van der Waals surface area contributed by atoms with Gasteiger partial charge in [-0.3, -0.25) is 9.59 Å². The lowest BCUT2D eigenvalue weighted by Gasteiger charge is -2.15. The third-order valence-electron chi connectivity index (χ3n) is 4.32. The third kappa shape index (κ3) is 5.69. The predicted octanol–water partition coefficient (Wildman–Crippen LogP) is 4.80. The lowest BCUT2D eigenvalue weighted by Crippen LogP contribution is -2.22. The van der Waals surface area contributed by atoms with Gasteiger partial charge in [-0.1, -0.05) is 32.8 Å². The monoisotopic (exact) mass is 353 g/mol. The minimum atomic E-state index is -0.253. The van der Waals surface area contributed by atoms with Gasteiger partial charge in [-0.05, 0) is 55.7 Å². The number of anilines is 2. The van der Waals surface area contributed by atoms with E-state index < -0.39 is 0 Å². The molecular formula is C21H27N3O2. The van der Waals surface area contributed by atoms with Gasteiger partial charge in [0.15, 0.2) is 0 Å². The second-order valence-corrected chi connectivity index (χ2v) is 6.49. The predicted molar refractivity (Wildman–Crippen MR) is 105 cm³/mol. The summed E-state index contributed by atoms with van der Waals surface area (Å²) >= 11 is 0. The number of hydrogen-bond donors (Lipinski definition) is 2. The van der Waals surface area contributed by atoms with E-state index in [0.29, 0.717) is 17.1 Å². The SMILES string of the molecule is CCCC[C@H](CC)C(=O)Nc1cccc(C(=O)Nc2cc(C)ccn2)c1. The number of pyridine rings is 1. The molecule has 2 N–H and O–H groups in total. The first-order chi connectivity index (χ1) is 12.5. The van der Waals surface area contributed by atoms with Crippen LogP contribution in [-0.4, -0.2) is 16.8 Å². The number of aromatic nitrogens is 1. The van der Waals surface area contributed by atoms with Gasteiger partial charge in [0, 0.05) is 23.4 Å². The van der Waals surface area contributed by atoms with Crippen LogP contribution in [-0.2, 0) is 4.79 Å². The van der Waals surface area contributed by atoms with Crippen LogP contribution in [0.5, 0.6) is 0 Å². The van der Waals surface area contributed by atoms with E-state index >= 15 is 0 Å². The van der Waals surface area contributed by atoms with Gasteiger partial charge in [0.1, 0.15) is 5.82 Å². The average molecular weight is 353 g/mol. The van der Waals surface area contributed by atoms with E-state index in [4.69, 9.17) is 0 Å². The smallest absolute Gasteiger partial charge is 0.256 e. The summed E-state index contributed by atoms with van der Waals surface area (Å²) in [6, 6.07) is 10.6. The Bertz CT molecular complexity index is 758. The summed E-state index contributed by atoms with van der Waals surface area (Å²) in [5.41, 5.74) is 2.14. The molecule has 0 bridgehead atoms. The molecule has 0 fully saturated rings. The average Bonchev–Trinajstić information content (AvgIpc) is 2.62. The summed E-state index contributed by atoms with van der Waals surface area (Å²) in [6.07, 6.45) is 5.47. The Balaban J connectivity index is 2.04. The minimum absolute atomic E-state index is 0.00364. The molecule has 5 heteroatoms. The van der Waals surface area contributed by atoms with Crippen molar-refractivity contribution in [3.63, 3.8) is 0 Å². The molecule has 0 unspecified atom stereocenters. The number of nitrogens with one attached hydrogen (secondary N) is 2. The van der Waals surface area contributed by atoms with Crippen molar-refractivity contribution < 1.29 is 9.59 Å². The quantitative estimate of drug-likeness (QED) is 0.716. The summed E-state index contributed by atoms with van der Waals surface area (Å²) in [7, 11) is 0. The highest BCUT2D eigenvalue weighted by Crippen LogP contribution is 2.18. The van der Waals surface area contributed by atoms with Crippen LogP contribution in [0.25, 0.3) is 0 Å². The summed E-state index contributed by atoms with van der Waals surface area (Å²) in [4.78, 5) is 29.0. The zero-order valence-electron chi connectivity index (χ0n) is 15.7. The summed E-state index contributed by atoms with van der Waals surface area (Å²) < 4.78 is 0. The van der Waals surface area contributed by atoms with E-state index in [1.807, 2.05) is 26.0 Å². The highest BCUT2D eigenvalue weighted by atomic mass is 16.2. The molecule has 1 heterocycles. The Morgan fingerprint density at radius 2 is 1.92 bits per heavy atom. The fraction of sp³-hybridized carbons (Fsp3) is 0.381. The van der Waals surface area contributed by atoms with Crippen molar-refractivity contribution in [2.24, 2.45) is 5.92 Å². The molecule has 1 atom stereocenters. The first-order valence-electron chi connectivity index (χ1n) is 9.18. The number of benzene rings is 1. The van der Waals surface area contributed by atoms with Crippen LogP contribution in [0.4, 0.5) is 11.5 Å². The molecule has 26 heavy (non-hydrogen) atoms. The molecule has 0 spiro atoms. The summed E-state index contributed by atoms with van der Waals surface area (Å²) in [5.74, 6) is 0.273. The number of amides is 2. The van der Waals surface area contributed by atoms with Crippen molar-refractivity contribution in [2.45, 2.75) is 46.5 Å². The standard InChI is InChI=1S/C21H27N3O2/c1-4-6-8-16(5-2)20(25)23-18-10-7-9-17(14-18)21(26)24-19-13-15(3)11-12-22-19/h7,9-14,16H,4-6,8H2,1-3H3,(H,23,25)(H,22,24,26)/t16-/m0/s1. The fourth-order valence-corrected chi connectivity index (χ4v) is 2.75. The molecule has 1 aromatic carbocycles. The first-order valence-corrected chi connectivity index (χ1v) is 9.18. The Morgan fingerprint density at radius 1 is 1.12 bits per heavy atom. The van der Waals surface area contributed by atoms with Crippen LogP contribution < -0.4 is 10.6 Å². The molecular weight excluding hydrogens is 326 g/mol. The van der Waals surface area contributed by atoms with Gasteiger partial charge in [0.05, 0.1) is 0 Å². The molecule has 0 aliphatic carbocycles. The van der Waals surface area contributed by atoms with E-state index in [9.17, 15) is 9.59 Å². The molecule has 1 aromatic heterocycles. The van der Waals surface area contributed by atoms with Crippen molar-refractivity contribution in [3.8, 4) is 0 Å². The summed E-state index contributed by atoms with van der Waals surface area (Å²) in [5, 5.41) is 5.71. The van der Waals surface area contributed by atoms with E-state index in [-0.39, 0.29) is 17.7 Å². The zero-order chi connectivity index (χ0) is 18.9. The molecule has 2 amide bonds. The van der Waals surface area contributed by atoms with Crippen molar-refractivity contribution >= 4 is 23.3 Å². The van der Waals surface area contributed by atoms with Crippen molar-refractivity contribution in [1.29, 1.82) is 0 Å². The highest BCUT2D eigenvalue weighted by Gasteiger charge is 2.16. The van der Waals surface area contributed by atoms with E-state index in [0.717, 1.165) is 31.2 Å². The van der Waals surface area contributed by atoms with Crippen molar-refractivity contribution in [3.05, 3.63) is 53.7 Å². The maximum Gasteiger partial charge on any atom is 0.256 e. The van der Waals surface area contributed by atoms with Crippen molar-refractivity contribution in [1.82, 2.24) is 4.98 Å². The summed E-state index contributed by atoms with van der Waals surface area (Å²) in [6.45, 7) is 6.09. The number of nitrogens with zero attached hydrogens (tertiary/aromatic N) is 1. The van der Waals surface area contributed by atoms with E-state index in [2.05, 4.69) is 22.5 Å². The van der Waals surface area contributed by atoms with Gasteiger partial charge < -0.3 is 10.6 Å². The van der Waals surface area contributed by atoms with E-state index in [1.165, 1.54) is 0 Å². The number of carbonyl (C=O) groups excluding carboxylic acids is 2. The van der Waals surface area contributed by atoms with Crippen LogP contribution in [0.15, 0.2) is 42.6 Å². The number of hydrogen-bond acceptors (Lipinski definition) is 3. The molecule has 138 valence electrons. The molecule has 2 aromatic rings. The number of carbonyl (C=O) groups is 2. The maximum atomic E-state index is 12.4. The topological polar surface area (TPSA) is 71.1 Å². The Morgan fingerprint density at radius 3 is 2.62 bits per heavy atom. The van der Waals surface area contributed by atoms with Crippen LogP contribution in [0.2, 0.25) is 0 Å². The van der Waals surface area contributed by atoms with Gasteiger partial charge in [-0.25, -0.2) is 4.98 Å². The molecule has 2 rings (SSSR count). The normalized spacial score (nSPS) is 11.7. The second-order valence-electron chi connectivity index (χ2n) is 6.49. The molecule has 0 saturated heterocycles. The Kier molecular flexibility index (Phi) is 7.33. The minimum Gasteiger partial charge on any atom is -0.326 e. The number of rotatable bonds is 8. The van der Waals surface area contributed by atoms with Crippen LogP contribution in [0.3, 0.4) is 0 Å². The third-order valence-corrected chi connectivity index (χ3v) is 4.32. The van der Waals surface area contributed by atoms with Gasteiger partial charge >= 0.3 is 0 Å². The van der Waals surface area contributed by atoms with Crippen LogP contribution in [0, 0.1) is 12.8 Å². The van der Waals surface area contributed by atoms with E-state index in [1.54, 1.807) is 30.5 Å². The van der Waals surface area contributed by atoms with Crippen molar-refractivity contribution in [2.75, 3.05) is 10.6 Å². The maximum absolute atomic E-state index is 12.4. The van der Waals surface area contributed by atoms with Gasteiger partial charge in [-0.15, -0.1) is 0 Å². The lowest BCUT2D eigenvalue weighted by atomic mass is 9.98. The first kappa shape index (κ1) is 19.6. The zero-order valence-corrected chi connectivity index (χ0v) is 15.7. The highest BCUT2D eigenvalue weighted by molar-refractivity contribution is 6.05. The molecule has 5 nitrogen and oxygen atoms in total. The lowest BCUT2D eigenvalue weighted by molar-refractivity contribution is -0.120. The van der Waals surface area contributed by atoms with Gasteiger partial charge in [0.2, 0.25) is 5.91 Å². The van der Waals surface area contributed by atoms with Gasteiger partial charge in [-0.2, -0.15) is 0 Å². The van der Waals surface area contributed by atoms with Crippen LogP contribution >= 0.6 is 0 Å². The van der Waals surface area contributed by atoms with Crippen LogP contribution in [0.1, 0.15) is 55.5 Å². The number of unbranched alkanes of at least 4 members (excludes halogenated alkanes) is 1. The number of aryl methyl sites for hydroxylation is 1. The molecule has 0 aliphatic heterocycles. The molecule has 0 aliphatic rings. The molecule has 0 radical (unpaired) electrons. The van der Waals surface area contributed by atoms with Gasteiger partial charge in [0.25, 0.3) is 5.91 Å².